The number of amides is 1. The molecule has 3 aromatic carbocycles. The second kappa shape index (κ2) is 7.53. The Morgan fingerprint density at radius 3 is 2.58 bits per heavy atom. The number of aromatic nitrogens is 4. The minimum absolute atomic E-state index is 0.222. The highest BCUT2D eigenvalue weighted by Gasteiger charge is 2.11. The lowest BCUT2D eigenvalue weighted by molar-refractivity contribution is 0.101. The van der Waals surface area contributed by atoms with Crippen molar-refractivity contribution >= 4 is 22.6 Å². The third-order valence-electron chi connectivity index (χ3n) is 5.08. The van der Waals surface area contributed by atoms with E-state index in [0.717, 1.165) is 16.7 Å². The fourth-order valence-electron chi connectivity index (χ4n) is 3.51. The quantitative estimate of drug-likeness (QED) is 0.436. The number of hydrogen-bond donors (Lipinski definition) is 2. The van der Waals surface area contributed by atoms with E-state index in [1.54, 1.807) is 24.0 Å². The molecule has 0 radical (unpaired) electrons. The zero-order chi connectivity index (χ0) is 21.4. The van der Waals surface area contributed by atoms with Crippen LogP contribution in [0.15, 0.2) is 79.3 Å². The molecule has 1 amide bonds. The second-order valence-corrected chi connectivity index (χ2v) is 7.25. The van der Waals surface area contributed by atoms with Crippen molar-refractivity contribution in [3.8, 4) is 22.5 Å². The molecular weight excluding hydrogens is 393 g/mol. The van der Waals surface area contributed by atoms with Crippen LogP contribution in [0.4, 0.5) is 10.1 Å². The van der Waals surface area contributed by atoms with Crippen LogP contribution < -0.4 is 5.32 Å². The van der Waals surface area contributed by atoms with E-state index in [2.05, 4.69) is 20.3 Å². The number of H-pyrrole nitrogens is 1. The number of anilines is 1. The number of halogens is 1. The molecule has 0 saturated heterocycles. The largest absolute Gasteiger partial charge is 0.338 e. The minimum atomic E-state index is -0.304. The SMILES string of the molecule is Cn1cncc1C(=O)Nc1cccc(-c2cccc(-c3nc4ccc(F)cc4[nH]3)c2)c1. The van der Waals surface area contributed by atoms with Crippen LogP contribution in [0.25, 0.3) is 33.5 Å². The van der Waals surface area contributed by atoms with E-state index in [-0.39, 0.29) is 11.7 Å². The van der Waals surface area contributed by atoms with Gasteiger partial charge in [-0.25, -0.2) is 14.4 Å². The Morgan fingerprint density at radius 1 is 1.00 bits per heavy atom. The lowest BCUT2D eigenvalue weighted by Gasteiger charge is -2.09. The summed E-state index contributed by atoms with van der Waals surface area (Å²) >= 11 is 0. The predicted molar refractivity (Wildman–Crippen MR) is 118 cm³/mol. The first kappa shape index (κ1) is 18.7. The number of fused-ring (bicyclic) bond motifs is 1. The van der Waals surface area contributed by atoms with Crippen LogP contribution in [0.2, 0.25) is 0 Å². The number of nitrogens with zero attached hydrogens (tertiary/aromatic N) is 3. The molecule has 0 saturated carbocycles. The Hall–Kier alpha value is -4.26. The average molecular weight is 411 g/mol. The molecule has 5 rings (SSSR count). The molecule has 6 nitrogen and oxygen atoms in total. The minimum Gasteiger partial charge on any atom is -0.338 e. The summed E-state index contributed by atoms with van der Waals surface area (Å²) in [5, 5.41) is 2.91. The molecule has 0 unspecified atom stereocenters. The van der Waals surface area contributed by atoms with Gasteiger partial charge in [-0.05, 0) is 47.5 Å². The number of aromatic amines is 1. The highest BCUT2D eigenvalue weighted by Crippen LogP contribution is 2.28. The highest BCUT2D eigenvalue weighted by atomic mass is 19.1. The monoisotopic (exact) mass is 411 g/mol. The smallest absolute Gasteiger partial charge is 0.273 e. The first-order valence-corrected chi connectivity index (χ1v) is 9.71. The third-order valence-corrected chi connectivity index (χ3v) is 5.08. The van der Waals surface area contributed by atoms with Crippen molar-refractivity contribution < 1.29 is 9.18 Å². The number of carbonyl (C=O) groups excluding carboxylic acids is 1. The third kappa shape index (κ3) is 3.69. The summed E-state index contributed by atoms with van der Waals surface area (Å²) in [5.74, 6) is 0.143. The summed E-state index contributed by atoms with van der Waals surface area (Å²) in [6.07, 6.45) is 3.12. The van der Waals surface area contributed by atoms with Crippen molar-refractivity contribution in [2.45, 2.75) is 0 Å². The lowest BCUT2D eigenvalue weighted by Crippen LogP contribution is -2.15. The maximum absolute atomic E-state index is 13.5. The van der Waals surface area contributed by atoms with Crippen molar-refractivity contribution in [3.63, 3.8) is 0 Å². The molecule has 0 aliphatic heterocycles. The van der Waals surface area contributed by atoms with Gasteiger partial charge in [0.15, 0.2) is 0 Å². The van der Waals surface area contributed by atoms with Crippen LogP contribution in [0, 0.1) is 5.82 Å². The maximum Gasteiger partial charge on any atom is 0.273 e. The van der Waals surface area contributed by atoms with Crippen molar-refractivity contribution in [3.05, 3.63) is 90.8 Å². The van der Waals surface area contributed by atoms with Crippen LogP contribution >= 0.6 is 0 Å². The van der Waals surface area contributed by atoms with Gasteiger partial charge in [0.1, 0.15) is 17.3 Å². The van der Waals surface area contributed by atoms with Crippen LogP contribution in [0.1, 0.15) is 10.5 Å². The van der Waals surface area contributed by atoms with Gasteiger partial charge in [0, 0.05) is 18.3 Å². The topological polar surface area (TPSA) is 75.6 Å². The molecule has 2 heterocycles. The molecule has 0 aliphatic carbocycles. The van der Waals surface area contributed by atoms with E-state index in [1.165, 1.54) is 18.3 Å². The Morgan fingerprint density at radius 2 is 1.77 bits per heavy atom. The van der Waals surface area contributed by atoms with Gasteiger partial charge in [-0.3, -0.25) is 4.79 Å². The molecule has 0 spiro atoms. The summed E-state index contributed by atoms with van der Waals surface area (Å²) in [6.45, 7) is 0. The number of benzene rings is 3. The molecule has 0 aliphatic rings. The Balaban J connectivity index is 1.45. The van der Waals surface area contributed by atoms with Crippen LogP contribution in [-0.4, -0.2) is 25.4 Å². The molecule has 0 atom stereocenters. The Bertz CT molecular complexity index is 1420. The second-order valence-electron chi connectivity index (χ2n) is 7.25. The van der Waals surface area contributed by atoms with Crippen LogP contribution in [0.3, 0.4) is 0 Å². The van der Waals surface area contributed by atoms with E-state index in [4.69, 9.17) is 0 Å². The lowest BCUT2D eigenvalue weighted by atomic mass is 10.0. The molecule has 2 aromatic heterocycles. The highest BCUT2D eigenvalue weighted by molar-refractivity contribution is 6.03. The Labute approximate surface area is 177 Å². The molecule has 152 valence electrons. The van der Waals surface area contributed by atoms with E-state index in [1.807, 2.05) is 48.5 Å². The molecule has 0 bridgehead atoms. The van der Waals surface area contributed by atoms with E-state index >= 15 is 0 Å². The molecular formula is C24H18FN5O. The summed E-state index contributed by atoms with van der Waals surface area (Å²) in [6, 6.07) is 20.0. The molecule has 5 aromatic rings. The van der Waals surface area contributed by atoms with Gasteiger partial charge in [0.25, 0.3) is 5.91 Å². The standard InChI is InChI=1S/C24H18FN5O/c1-30-14-26-13-22(30)24(31)27-19-7-3-5-16(11-19)15-4-2-6-17(10-15)23-28-20-9-8-18(25)12-21(20)29-23/h2-14H,1H3,(H,27,31)(H,28,29). The first-order chi connectivity index (χ1) is 15.1. The molecule has 31 heavy (non-hydrogen) atoms. The zero-order valence-corrected chi connectivity index (χ0v) is 16.6. The van der Waals surface area contributed by atoms with Gasteiger partial charge in [-0.15, -0.1) is 0 Å². The van der Waals surface area contributed by atoms with Crippen molar-refractivity contribution in [1.29, 1.82) is 0 Å². The van der Waals surface area contributed by atoms with Crippen molar-refractivity contribution in [1.82, 2.24) is 19.5 Å². The predicted octanol–water partition coefficient (Wildman–Crippen LogP) is 5.02. The average Bonchev–Trinajstić information content (AvgIpc) is 3.40. The van der Waals surface area contributed by atoms with Gasteiger partial charge in [-0.2, -0.15) is 0 Å². The van der Waals surface area contributed by atoms with Crippen LogP contribution in [-0.2, 0) is 7.05 Å². The van der Waals surface area contributed by atoms with Crippen LogP contribution in [0.5, 0.6) is 0 Å². The van der Waals surface area contributed by atoms with Crippen molar-refractivity contribution in [2.24, 2.45) is 7.05 Å². The molecule has 0 fully saturated rings. The summed E-state index contributed by atoms with van der Waals surface area (Å²) in [4.78, 5) is 24.2. The normalized spacial score (nSPS) is 11.0. The van der Waals surface area contributed by atoms with Gasteiger partial charge in [0.2, 0.25) is 0 Å². The summed E-state index contributed by atoms with van der Waals surface area (Å²) < 4.78 is 15.2. The summed E-state index contributed by atoms with van der Waals surface area (Å²) in [5.41, 5.74) is 5.34. The van der Waals surface area contributed by atoms with Gasteiger partial charge >= 0.3 is 0 Å². The number of aryl methyl sites for hydroxylation is 1. The number of carbonyl (C=O) groups is 1. The fraction of sp³-hybridized carbons (Fsp3) is 0.0417. The maximum atomic E-state index is 13.5. The van der Waals surface area contributed by atoms with Gasteiger partial charge in [0.05, 0.1) is 23.6 Å². The Kier molecular flexibility index (Phi) is 4.55. The van der Waals surface area contributed by atoms with E-state index in [0.29, 0.717) is 28.2 Å². The first-order valence-electron chi connectivity index (χ1n) is 9.71. The van der Waals surface area contributed by atoms with E-state index in [9.17, 15) is 9.18 Å². The fourth-order valence-corrected chi connectivity index (χ4v) is 3.51. The number of nitrogens with one attached hydrogen (secondary N) is 2. The van der Waals surface area contributed by atoms with Gasteiger partial charge < -0.3 is 14.9 Å². The summed E-state index contributed by atoms with van der Waals surface area (Å²) in [7, 11) is 1.77. The number of rotatable bonds is 4. The van der Waals surface area contributed by atoms with E-state index < -0.39 is 0 Å². The van der Waals surface area contributed by atoms with Crippen molar-refractivity contribution in [2.75, 3.05) is 5.32 Å². The zero-order valence-electron chi connectivity index (χ0n) is 16.6. The van der Waals surface area contributed by atoms with Gasteiger partial charge in [-0.1, -0.05) is 30.3 Å². The number of imidazole rings is 2. The number of hydrogen-bond acceptors (Lipinski definition) is 3. The molecule has 7 heteroatoms. The molecule has 2 N–H and O–H groups in total.